The van der Waals surface area contributed by atoms with Crippen LogP contribution >= 0.6 is 11.3 Å². The summed E-state index contributed by atoms with van der Waals surface area (Å²) >= 11 is 1.75. The highest BCUT2D eigenvalue weighted by Crippen LogP contribution is 2.29. The fourth-order valence-corrected chi connectivity index (χ4v) is 2.90. The number of nitrogens with zero attached hydrogens (tertiary/aromatic N) is 1. The molecule has 0 aliphatic rings. The van der Waals surface area contributed by atoms with Crippen LogP contribution in [0, 0.1) is 0 Å². The van der Waals surface area contributed by atoms with Crippen LogP contribution in [0.5, 0.6) is 0 Å². The summed E-state index contributed by atoms with van der Waals surface area (Å²) in [6.45, 7) is 3.76. The largest absolute Gasteiger partial charge is 0.240 e. The third-order valence-electron chi connectivity index (χ3n) is 2.65. The lowest BCUT2D eigenvalue weighted by molar-refractivity contribution is 1.22. The van der Waals surface area contributed by atoms with Gasteiger partial charge in [0.2, 0.25) is 0 Å². The Balaban J connectivity index is 2.36. The molecule has 0 aliphatic carbocycles. The van der Waals surface area contributed by atoms with Gasteiger partial charge in [-0.3, -0.25) is 0 Å². The maximum atomic E-state index is 4.68. The van der Waals surface area contributed by atoms with Gasteiger partial charge >= 0.3 is 0 Å². The van der Waals surface area contributed by atoms with Gasteiger partial charge in [0, 0.05) is 11.8 Å². The van der Waals surface area contributed by atoms with Gasteiger partial charge in [0.25, 0.3) is 0 Å². The summed E-state index contributed by atoms with van der Waals surface area (Å²) in [4.78, 5) is 4.68. The minimum absolute atomic E-state index is 0.855. The van der Waals surface area contributed by atoms with Gasteiger partial charge in [-0.25, -0.2) is 4.98 Å². The molecule has 0 saturated carbocycles. The van der Waals surface area contributed by atoms with Gasteiger partial charge in [0.05, 0.1) is 15.2 Å². The molecule has 0 saturated heterocycles. The van der Waals surface area contributed by atoms with E-state index < -0.39 is 0 Å². The number of benzene rings is 2. The predicted molar refractivity (Wildman–Crippen MR) is 71.0 cm³/mol. The van der Waals surface area contributed by atoms with Gasteiger partial charge in [-0.05, 0) is 11.5 Å². The first kappa shape index (κ1) is 9.55. The van der Waals surface area contributed by atoms with Gasteiger partial charge < -0.3 is 0 Å². The molecular weight excluding hydrogens is 214 g/mol. The molecule has 1 heterocycles. The zero-order chi connectivity index (χ0) is 11.0. The second-order valence-corrected chi connectivity index (χ2v) is 4.85. The van der Waals surface area contributed by atoms with E-state index in [4.69, 9.17) is 0 Å². The second-order valence-electron chi connectivity index (χ2n) is 3.73. The lowest BCUT2D eigenvalue weighted by atomic mass is 10.1. The van der Waals surface area contributed by atoms with Crippen molar-refractivity contribution in [2.45, 2.75) is 6.42 Å². The number of aromatic nitrogens is 1. The van der Waals surface area contributed by atoms with Crippen molar-refractivity contribution in [1.29, 1.82) is 0 Å². The minimum atomic E-state index is 0.855. The van der Waals surface area contributed by atoms with E-state index in [0.29, 0.717) is 0 Å². The molecule has 0 amide bonds. The van der Waals surface area contributed by atoms with E-state index >= 15 is 0 Å². The van der Waals surface area contributed by atoms with Crippen LogP contribution in [0.4, 0.5) is 0 Å². The fourth-order valence-electron chi connectivity index (χ4n) is 1.92. The van der Waals surface area contributed by atoms with Crippen LogP contribution in [0.3, 0.4) is 0 Å². The molecule has 3 rings (SSSR count). The molecule has 0 unspecified atom stereocenters. The Labute approximate surface area is 98.1 Å². The summed E-state index contributed by atoms with van der Waals surface area (Å²) in [6.07, 6.45) is 2.76. The van der Waals surface area contributed by atoms with Gasteiger partial charge in [-0.1, -0.05) is 36.4 Å². The Kier molecular flexibility index (Phi) is 2.22. The summed E-state index contributed by atoms with van der Waals surface area (Å²) in [6, 6.07) is 12.7. The SMILES string of the molecule is C=CCc1nc2c(ccc3ccccc32)s1. The molecule has 0 bridgehead atoms. The summed E-state index contributed by atoms with van der Waals surface area (Å²) < 4.78 is 1.26. The number of allylic oxidation sites excluding steroid dienone is 1. The molecule has 78 valence electrons. The minimum Gasteiger partial charge on any atom is -0.240 e. The van der Waals surface area contributed by atoms with E-state index in [-0.39, 0.29) is 0 Å². The van der Waals surface area contributed by atoms with Crippen LogP contribution < -0.4 is 0 Å². The average molecular weight is 225 g/mol. The zero-order valence-corrected chi connectivity index (χ0v) is 9.63. The Morgan fingerprint density at radius 2 is 2.06 bits per heavy atom. The monoisotopic (exact) mass is 225 g/mol. The number of fused-ring (bicyclic) bond motifs is 3. The van der Waals surface area contributed by atoms with Crippen molar-refractivity contribution in [1.82, 2.24) is 4.98 Å². The first-order valence-electron chi connectivity index (χ1n) is 5.26. The molecule has 0 N–H and O–H groups in total. The third-order valence-corrected chi connectivity index (χ3v) is 3.69. The average Bonchev–Trinajstić information content (AvgIpc) is 2.72. The molecule has 2 heteroatoms. The fraction of sp³-hybridized carbons (Fsp3) is 0.0714. The number of hydrogen-bond acceptors (Lipinski definition) is 2. The van der Waals surface area contributed by atoms with Crippen molar-refractivity contribution < 1.29 is 0 Å². The summed E-state index contributed by atoms with van der Waals surface area (Å²) in [5, 5.41) is 3.64. The van der Waals surface area contributed by atoms with Gasteiger partial charge in [0.1, 0.15) is 0 Å². The molecule has 0 radical (unpaired) electrons. The second kappa shape index (κ2) is 3.72. The van der Waals surface area contributed by atoms with Crippen LogP contribution in [0.1, 0.15) is 5.01 Å². The van der Waals surface area contributed by atoms with Crippen LogP contribution in [0.25, 0.3) is 21.0 Å². The lowest BCUT2D eigenvalue weighted by Crippen LogP contribution is -1.78. The quantitative estimate of drug-likeness (QED) is 0.596. The number of thiazole rings is 1. The lowest BCUT2D eigenvalue weighted by Gasteiger charge is -1.96. The molecule has 0 fully saturated rings. The maximum Gasteiger partial charge on any atom is 0.0976 e. The highest BCUT2D eigenvalue weighted by atomic mass is 32.1. The van der Waals surface area contributed by atoms with Crippen LogP contribution in [-0.4, -0.2) is 4.98 Å². The normalized spacial score (nSPS) is 11.0. The summed E-state index contributed by atoms with van der Waals surface area (Å²) in [5.41, 5.74) is 1.12. The molecule has 2 aromatic carbocycles. The molecule has 1 nitrogen and oxygen atoms in total. The van der Waals surface area contributed by atoms with E-state index in [1.54, 1.807) is 11.3 Å². The standard InChI is InChI=1S/C14H11NS/c1-2-5-13-15-14-11-7-4-3-6-10(11)8-9-12(14)16-13/h2-4,6-9H,1,5H2. The smallest absolute Gasteiger partial charge is 0.0976 e. The van der Waals surface area contributed by atoms with Crippen LogP contribution in [0.2, 0.25) is 0 Å². The number of hydrogen-bond donors (Lipinski definition) is 0. The maximum absolute atomic E-state index is 4.68. The first-order chi connectivity index (χ1) is 7.88. The highest BCUT2D eigenvalue weighted by molar-refractivity contribution is 7.18. The first-order valence-corrected chi connectivity index (χ1v) is 6.08. The van der Waals surface area contributed by atoms with Gasteiger partial charge in [0.15, 0.2) is 0 Å². The van der Waals surface area contributed by atoms with Crippen molar-refractivity contribution in [3.63, 3.8) is 0 Å². The molecule has 16 heavy (non-hydrogen) atoms. The number of rotatable bonds is 2. The third kappa shape index (κ3) is 1.42. The molecule has 0 aliphatic heterocycles. The van der Waals surface area contributed by atoms with E-state index in [1.807, 2.05) is 6.08 Å². The molecule has 1 aromatic heterocycles. The Morgan fingerprint density at radius 1 is 1.19 bits per heavy atom. The molecule has 0 atom stereocenters. The molecule has 0 spiro atoms. The molecule has 3 aromatic rings. The molecular formula is C14H11NS. The van der Waals surface area contributed by atoms with Gasteiger partial charge in [-0.15, -0.1) is 17.9 Å². The summed E-state index contributed by atoms with van der Waals surface area (Å²) in [7, 11) is 0. The Morgan fingerprint density at radius 3 is 2.94 bits per heavy atom. The predicted octanol–water partition coefficient (Wildman–Crippen LogP) is 4.18. The van der Waals surface area contributed by atoms with Crippen molar-refractivity contribution in [3.8, 4) is 0 Å². The van der Waals surface area contributed by atoms with E-state index in [9.17, 15) is 0 Å². The van der Waals surface area contributed by atoms with Crippen molar-refractivity contribution in [2.75, 3.05) is 0 Å². The van der Waals surface area contributed by atoms with Crippen molar-refractivity contribution in [2.24, 2.45) is 0 Å². The van der Waals surface area contributed by atoms with Crippen LogP contribution in [0.15, 0.2) is 49.1 Å². The van der Waals surface area contributed by atoms with E-state index in [2.05, 4.69) is 48.0 Å². The summed E-state index contributed by atoms with van der Waals surface area (Å²) in [5.74, 6) is 0. The highest BCUT2D eigenvalue weighted by Gasteiger charge is 2.05. The topological polar surface area (TPSA) is 12.9 Å². The Hall–Kier alpha value is -1.67. The van der Waals surface area contributed by atoms with Crippen molar-refractivity contribution in [3.05, 3.63) is 54.1 Å². The van der Waals surface area contributed by atoms with Crippen LogP contribution in [-0.2, 0) is 6.42 Å². The van der Waals surface area contributed by atoms with E-state index in [0.717, 1.165) is 16.9 Å². The van der Waals surface area contributed by atoms with Gasteiger partial charge in [-0.2, -0.15) is 0 Å². The van der Waals surface area contributed by atoms with E-state index in [1.165, 1.54) is 15.5 Å². The van der Waals surface area contributed by atoms with Crippen molar-refractivity contribution >= 4 is 32.3 Å². The Bertz CT molecular complexity index is 667. The zero-order valence-electron chi connectivity index (χ0n) is 8.81.